The predicted molar refractivity (Wildman–Crippen MR) is 105 cm³/mol. The van der Waals surface area contributed by atoms with Crippen molar-refractivity contribution in [2.45, 2.75) is 30.7 Å². The van der Waals surface area contributed by atoms with Gasteiger partial charge in [0, 0.05) is 24.0 Å². The minimum absolute atomic E-state index is 0.436. The van der Waals surface area contributed by atoms with Gasteiger partial charge in [-0.2, -0.15) is 0 Å². The number of hydrogen-bond acceptors (Lipinski definition) is 4. The van der Waals surface area contributed by atoms with E-state index in [1.165, 1.54) is 26.3 Å². The molecule has 4 rings (SSSR count). The topological polar surface area (TPSA) is 16.1 Å². The van der Waals surface area contributed by atoms with Gasteiger partial charge in [-0.3, -0.25) is 4.90 Å². The monoisotopic (exact) mass is 354 g/mol. The molecule has 24 heavy (non-hydrogen) atoms. The van der Waals surface area contributed by atoms with E-state index in [4.69, 9.17) is 0 Å². The molecular formula is C20H22N2S2. The molecule has 0 unspecified atom stereocenters. The average Bonchev–Trinajstić information content (AvgIpc) is 2.99. The highest BCUT2D eigenvalue weighted by atomic mass is 32.2. The van der Waals surface area contributed by atoms with Crippen molar-refractivity contribution in [3.05, 3.63) is 58.6 Å². The fourth-order valence-electron chi connectivity index (χ4n) is 3.58. The summed E-state index contributed by atoms with van der Waals surface area (Å²) in [7, 11) is 0. The van der Waals surface area contributed by atoms with Gasteiger partial charge in [-0.05, 0) is 67.0 Å². The molecule has 0 radical (unpaired) electrons. The van der Waals surface area contributed by atoms with Crippen molar-refractivity contribution in [3.8, 4) is 0 Å². The van der Waals surface area contributed by atoms with Gasteiger partial charge in [0.2, 0.25) is 0 Å². The Labute approximate surface area is 151 Å². The quantitative estimate of drug-likeness (QED) is 0.603. The number of aromatic nitrogens is 1. The molecule has 1 aromatic heterocycles. The molecule has 1 aliphatic rings. The van der Waals surface area contributed by atoms with Crippen LogP contribution in [0.2, 0.25) is 0 Å². The average molecular weight is 355 g/mol. The van der Waals surface area contributed by atoms with Gasteiger partial charge < -0.3 is 0 Å². The Kier molecular flexibility index (Phi) is 4.61. The summed E-state index contributed by atoms with van der Waals surface area (Å²) in [6.07, 6.45) is 4.45. The summed E-state index contributed by atoms with van der Waals surface area (Å²) in [6.45, 7) is 4.58. The number of fused-ring (bicyclic) bond motifs is 2. The third-order valence-corrected chi connectivity index (χ3v) is 6.67. The van der Waals surface area contributed by atoms with Crippen LogP contribution in [0, 0.1) is 0 Å². The molecule has 0 N–H and O–H groups in total. The Bertz CT molecular complexity index is 856. The van der Waals surface area contributed by atoms with E-state index in [1.54, 1.807) is 11.3 Å². The van der Waals surface area contributed by atoms with Crippen LogP contribution in [-0.2, 0) is 12.8 Å². The standard InChI is InChI=1S/C20H22N2S2/c1-14(16-4-6-20-19(12-16)21-13-24-20)22-9-7-15-3-5-18(23-2)11-17(15)8-10-22/h3-6,11-14H,7-10H2,1-2H3/t14-/m0/s1. The van der Waals surface area contributed by atoms with Crippen molar-refractivity contribution in [1.82, 2.24) is 9.88 Å². The van der Waals surface area contributed by atoms with E-state index in [1.807, 2.05) is 17.3 Å². The first kappa shape index (κ1) is 16.1. The molecule has 2 heterocycles. The molecule has 1 aliphatic heterocycles. The number of thiazole rings is 1. The molecular weight excluding hydrogens is 332 g/mol. The largest absolute Gasteiger partial charge is 0.296 e. The normalized spacial score (nSPS) is 16.8. The van der Waals surface area contributed by atoms with Gasteiger partial charge in [0.1, 0.15) is 0 Å². The van der Waals surface area contributed by atoms with E-state index in [0.29, 0.717) is 6.04 Å². The third-order valence-electron chi connectivity index (χ3n) is 5.13. The molecule has 3 aromatic rings. The molecule has 0 aliphatic carbocycles. The van der Waals surface area contributed by atoms with Gasteiger partial charge >= 0.3 is 0 Å². The Morgan fingerprint density at radius 3 is 2.75 bits per heavy atom. The van der Waals surface area contributed by atoms with Crippen molar-refractivity contribution in [2.75, 3.05) is 19.3 Å². The van der Waals surface area contributed by atoms with Gasteiger partial charge in [0.05, 0.1) is 15.7 Å². The zero-order chi connectivity index (χ0) is 16.5. The Morgan fingerprint density at radius 1 is 1.08 bits per heavy atom. The van der Waals surface area contributed by atoms with Crippen molar-refractivity contribution in [1.29, 1.82) is 0 Å². The van der Waals surface area contributed by atoms with Crippen molar-refractivity contribution >= 4 is 33.3 Å². The van der Waals surface area contributed by atoms with Gasteiger partial charge in [-0.1, -0.05) is 12.1 Å². The minimum atomic E-state index is 0.436. The van der Waals surface area contributed by atoms with Gasteiger partial charge in [0.15, 0.2) is 0 Å². The lowest BCUT2D eigenvalue weighted by molar-refractivity contribution is 0.221. The van der Waals surface area contributed by atoms with Crippen LogP contribution in [0.15, 0.2) is 46.8 Å². The maximum Gasteiger partial charge on any atom is 0.0815 e. The second-order valence-electron chi connectivity index (χ2n) is 6.43. The molecule has 124 valence electrons. The molecule has 0 saturated heterocycles. The molecule has 2 aromatic carbocycles. The molecule has 1 atom stereocenters. The van der Waals surface area contributed by atoms with Crippen LogP contribution in [0.3, 0.4) is 0 Å². The number of benzene rings is 2. The molecule has 0 saturated carbocycles. The highest BCUT2D eigenvalue weighted by Crippen LogP contribution is 2.29. The Balaban J connectivity index is 1.54. The number of rotatable bonds is 3. The lowest BCUT2D eigenvalue weighted by Crippen LogP contribution is -2.29. The van der Waals surface area contributed by atoms with Crippen LogP contribution in [0.1, 0.15) is 29.7 Å². The van der Waals surface area contributed by atoms with Crippen molar-refractivity contribution in [3.63, 3.8) is 0 Å². The van der Waals surface area contributed by atoms with Crippen molar-refractivity contribution < 1.29 is 0 Å². The fraction of sp³-hybridized carbons (Fsp3) is 0.350. The second kappa shape index (κ2) is 6.87. The first-order valence-corrected chi connectivity index (χ1v) is 10.6. The number of hydrogen-bond donors (Lipinski definition) is 0. The fourth-order valence-corrected chi connectivity index (χ4v) is 4.70. The summed E-state index contributed by atoms with van der Waals surface area (Å²) in [5, 5.41) is 0. The van der Waals surface area contributed by atoms with Crippen LogP contribution in [0.25, 0.3) is 10.2 Å². The van der Waals surface area contributed by atoms with E-state index < -0.39 is 0 Å². The lowest BCUT2D eigenvalue weighted by Gasteiger charge is -2.28. The second-order valence-corrected chi connectivity index (χ2v) is 8.19. The minimum Gasteiger partial charge on any atom is -0.296 e. The van der Waals surface area contributed by atoms with Crippen LogP contribution in [0.5, 0.6) is 0 Å². The zero-order valence-electron chi connectivity index (χ0n) is 14.2. The Hall–Kier alpha value is -1.36. The van der Waals surface area contributed by atoms with E-state index >= 15 is 0 Å². The van der Waals surface area contributed by atoms with Crippen molar-refractivity contribution in [2.24, 2.45) is 0 Å². The van der Waals surface area contributed by atoms with E-state index in [9.17, 15) is 0 Å². The van der Waals surface area contributed by atoms with Crippen LogP contribution in [-0.4, -0.2) is 29.2 Å². The first-order chi connectivity index (χ1) is 11.7. The molecule has 0 spiro atoms. The van der Waals surface area contributed by atoms with E-state index in [0.717, 1.165) is 31.4 Å². The molecule has 2 nitrogen and oxygen atoms in total. The zero-order valence-corrected chi connectivity index (χ0v) is 15.8. The number of nitrogens with zero attached hydrogens (tertiary/aromatic N) is 2. The maximum atomic E-state index is 4.47. The van der Waals surface area contributed by atoms with E-state index in [-0.39, 0.29) is 0 Å². The summed E-state index contributed by atoms with van der Waals surface area (Å²) < 4.78 is 1.28. The molecule has 0 bridgehead atoms. The SMILES string of the molecule is CSc1ccc2c(c1)CCN([C@@H](C)c1ccc3scnc3c1)CC2. The third kappa shape index (κ3) is 3.10. The van der Waals surface area contributed by atoms with Crippen LogP contribution >= 0.6 is 23.1 Å². The maximum absolute atomic E-state index is 4.47. The lowest BCUT2D eigenvalue weighted by atomic mass is 10.0. The van der Waals surface area contributed by atoms with Gasteiger partial charge in [-0.15, -0.1) is 23.1 Å². The summed E-state index contributed by atoms with van der Waals surface area (Å²) in [6, 6.07) is 14.2. The molecule has 4 heteroatoms. The Morgan fingerprint density at radius 2 is 1.92 bits per heavy atom. The smallest absolute Gasteiger partial charge is 0.0815 e. The number of thioether (sulfide) groups is 1. The highest BCUT2D eigenvalue weighted by Gasteiger charge is 2.20. The van der Waals surface area contributed by atoms with Gasteiger partial charge in [-0.25, -0.2) is 4.98 Å². The summed E-state index contributed by atoms with van der Waals surface area (Å²) >= 11 is 3.55. The molecule has 0 fully saturated rings. The summed E-state index contributed by atoms with van der Waals surface area (Å²) in [4.78, 5) is 8.47. The predicted octanol–water partition coefficient (Wildman–Crippen LogP) is 5.18. The first-order valence-electron chi connectivity index (χ1n) is 8.47. The summed E-state index contributed by atoms with van der Waals surface area (Å²) in [5.74, 6) is 0. The molecule has 0 amide bonds. The summed E-state index contributed by atoms with van der Waals surface area (Å²) in [5.41, 5.74) is 7.51. The van der Waals surface area contributed by atoms with E-state index in [2.05, 4.69) is 59.5 Å². The highest BCUT2D eigenvalue weighted by molar-refractivity contribution is 7.98. The van der Waals surface area contributed by atoms with Crippen LogP contribution in [0.4, 0.5) is 0 Å². The van der Waals surface area contributed by atoms with Gasteiger partial charge in [0.25, 0.3) is 0 Å². The van der Waals surface area contributed by atoms with Crippen LogP contribution < -0.4 is 0 Å².